The first kappa shape index (κ1) is 14.7. The number of rotatable bonds is 6. The lowest BCUT2D eigenvalue weighted by Crippen LogP contribution is -2.24. The smallest absolute Gasteiger partial charge is 0.137 e. The molecule has 0 heterocycles. The summed E-state index contributed by atoms with van der Waals surface area (Å²) in [5.41, 5.74) is 1.02. The molecule has 1 N–H and O–H groups in total. The Morgan fingerprint density at radius 3 is 2.65 bits per heavy atom. The van der Waals surface area contributed by atoms with E-state index < -0.39 is 0 Å². The molecule has 0 aliphatic rings. The number of benzene rings is 1. The van der Waals surface area contributed by atoms with E-state index in [-0.39, 0.29) is 11.9 Å². The molecule has 1 unspecified atom stereocenters. The Hall–Kier alpha value is -0.410. The van der Waals surface area contributed by atoms with Crippen molar-refractivity contribution in [2.75, 3.05) is 6.54 Å². The van der Waals surface area contributed by atoms with E-state index in [2.05, 4.69) is 42.0 Å². The van der Waals surface area contributed by atoms with E-state index >= 15 is 0 Å². The number of hydrogen-bond acceptors (Lipinski definition) is 1. The van der Waals surface area contributed by atoms with Gasteiger partial charge >= 0.3 is 0 Å². The summed E-state index contributed by atoms with van der Waals surface area (Å²) in [4.78, 5) is 0. The van der Waals surface area contributed by atoms with Crippen molar-refractivity contribution in [1.82, 2.24) is 5.32 Å². The van der Waals surface area contributed by atoms with Gasteiger partial charge in [0.2, 0.25) is 0 Å². The third kappa shape index (κ3) is 4.40. The lowest BCUT2D eigenvalue weighted by atomic mass is 9.97. The summed E-state index contributed by atoms with van der Waals surface area (Å²) >= 11 is 3.35. The summed E-state index contributed by atoms with van der Waals surface area (Å²) in [5, 5.41) is 3.49. The zero-order chi connectivity index (χ0) is 12.8. The standard InChI is InChI=1S/C14H21BrFN/c1-4-8-17-13(9-10(2)3)11-6-5-7-12(16)14(11)15/h5-7,10,13,17H,4,8-9H2,1-3H3. The fourth-order valence-electron chi connectivity index (χ4n) is 1.90. The molecule has 0 aliphatic heterocycles. The Bertz CT molecular complexity index is 352. The van der Waals surface area contributed by atoms with Crippen LogP contribution in [0.1, 0.15) is 45.2 Å². The van der Waals surface area contributed by atoms with E-state index in [0.29, 0.717) is 10.4 Å². The fraction of sp³-hybridized carbons (Fsp3) is 0.571. The van der Waals surface area contributed by atoms with Crippen LogP contribution in [0.5, 0.6) is 0 Å². The summed E-state index contributed by atoms with van der Waals surface area (Å²) in [6.07, 6.45) is 2.10. The largest absolute Gasteiger partial charge is 0.310 e. The van der Waals surface area contributed by atoms with Gasteiger partial charge in [0.15, 0.2) is 0 Å². The summed E-state index contributed by atoms with van der Waals surface area (Å²) < 4.78 is 14.1. The highest BCUT2D eigenvalue weighted by molar-refractivity contribution is 9.10. The van der Waals surface area contributed by atoms with Gasteiger partial charge in [-0.05, 0) is 52.9 Å². The highest BCUT2D eigenvalue weighted by atomic mass is 79.9. The van der Waals surface area contributed by atoms with Gasteiger partial charge in [0, 0.05) is 6.04 Å². The van der Waals surface area contributed by atoms with Crippen LogP contribution in [0.4, 0.5) is 4.39 Å². The van der Waals surface area contributed by atoms with Crippen LogP contribution in [-0.4, -0.2) is 6.54 Å². The van der Waals surface area contributed by atoms with Gasteiger partial charge in [-0.2, -0.15) is 0 Å². The van der Waals surface area contributed by atoms with E-state index in [1.165, 1.54) is 6.07 Å². The lowest BCUT2D eigenvalue weighted by molar-refractivity contribution is 0.427. The van der Waals surface area contributed by atoms with E-state index in [1.807, 2.05) is 6.07 Å². The zero-order valence-electron chi connectivity index (χ0n) is 10.8. The maximum Gasteiger partial charge on any atom is 0.137 e. The predicted molar refractivity (Wildman–Crippen MR) is 74.6 cm³/mol. The van der Waals surface area contributed by atoms with Crippen molar-refractivity contribution in [3.8, 4) is 0 Å². The molecule has 1 rings (SSSR count). The summed E-state index contributed by atoms with van der Waals surface area (Å²) in [5.74, 6) is 0.397. The third-order valence-electron chi connectivity index (χ3n) is 2.70. The minimum absolute atomic E-state index is 0.186. The van der Waals surface area contributed by atoms with Gasteiger partial charge in [0.25, 0.3) is 0 Å². The molecule has 96 valence electrons. The predicted octanol–water partition coefficient (Wildman–Crippen LogP) is 4.68. The molecular weight excluding hydrogens is 281 g/mol. The van der Waals surface area contributed by atoms with Crippen LogP contribution in [0.15, 0.2) is 22.7 Å². The highest BCUT2D eigenvalue weighted by Crippen LogP contribution is 2.29. The molecule has 0 amide bonds. The first-order chi connectivity index (χ1) is 8.06. The molecule has 0 radical (unpaired) electrons. The summed E-state index contributed by atoms with van der Waals surface area (Å²) in [6.45, 7) is 7.47. The Morgan fingerprint density at radius 1 is 1.35 bits per heavy atom. The minimum Gasteiger partial charge on any atom is -0.310 e. The molecule has 1 aromatic rings. The van der Waals surface area contributed by atoms with E-state index in [0.717, 1.165) is 24.9 Å². The molecule has 0 bridgehead atoms. The molecular formula is C14H21BrFN. The van der Waals surface area contributed by atoms with Crippen molar-refractivity contribution >= 4 is 15.9 Å². The molecule has 0 aliphatic carbocycles. The van der Waals surface area contributed by atoms with Gasteiger partial charge in [-0.15, -0.1) is 0 Å². The summed E-state index contributed by atoms with van der Waals surface area (Å²) in [7, 11) is 0. The van der Waals surface area contributed by atoms with Crippen molar-refractivity contribution in [2.45, 2.75) is 39.7 Å². The van der Waals surface area contributed by atoms with Crippen molar-refractivity contribution in [3.63, 3.8) is 0 Å². The molecule has 0 spiro atoms. The second-order valence-electron chi connectivity index (χ2n) is 4.78. The molecule has 1 nitrogen and oxygen atoms in total. The van der Waals surface area contributed by atoms with Gasteiger partial charge in [-0.3, -0.25) is 0 Å². The van der Waals surface area contributed by atoms with Gasteiger partial charge in [0.1, 0.15) is 5.82 Å². The highest BCUT2D eigenvalue weighted by Gasteiger charge is 2.17. The number of hydrogen-bond donors (Lipinski definition) is 1. The minimum atomic E-state index is -0.186. The van der Waals surface area contributed by atoms with Crippen LogP contribution in [0.2, 0.25) is 0 Å². The summed E-state index contributed by atoms with van der Waals surface area (Å²) in [6, 6.07) is 5.47. The SMILES string of the molecule is CCCNC(CC(C)C)c1cccc(F)c1Br. The molecule has 17 heavy (non-hydrogen) atoms. The van der Waals surface area contributed by atoms with Gasteiger partial charge in [0.05, 0.1) is 4.47 Å². The maximum atomic E-state index is 13.5. The van der Waals surface area contributed by atoms with Gasteiger partial charge in [-0.25, -0.2) is 4.39 Å². The van der Waals surface area contributed by atoms with Crippen LogP contribution < -0.4 is 5.32 Å². The first-order valence-corrected chi connectivity index (χ1v) is 7.02. The van der Waals surface area contributed by atoms with E-state index in [1.54, 1.807) is 6.07 Å². The third-order valence-corrected chi connectivity index (χ3v) is 3.54. The van der Waals surface area contributed by atoms with Gasteiger partial charge in [-0.1, -0.05) is 32.9 Å². The lowest BCUT2D eigenvalue weighted by Gasteiger charge is -2.22. The van der Waals surface area contributed by atoms with Crippen LogP contribution in [-0.2, 0) is 0 Å². The van der Waals surface area contributed by atoms with Crippen molar-refractivity contribution < 1.29 is 4.39 Å². The van der Waals surface area contributed by atoms with Crippen LogP contribution in [0.3, 0.4) is 0 Å². The second-order valence-corrected chi connectivity index (χ2v) is 5.57. The molecule has 0 saturated heterocycles. The monoisotopic (exact) mass is 301 g/mol. The Labute approximate surface area is 112 Å². The van der Waals surface area contributed by atoms with Crippen molar-refractivity contribution in [3.05, 3.63) is 34.1 Å². The second kappa shape index (κ2) is 7.12. The van der Waals surface area contributed by atoms with Crippen LogP contribution in [0.25, 0.3) is 0 Å². The number of halogens is 2. The average molecular weight is 302 g/mol. The normalized spacial score (nSPS) is 13.1. The maximum absolute atomic E-state index is 13.5. The first-order valence-electron chi connectivity index (χ1n) is 6.23. The molecule has 0 fully saturated rings. The number of nitrogens with one attached hydrogen (secondary N) is 1. The molecule has 0 aromatic heterocycles. The zero-order valence-corrected chi connectivity index (χ0v) is 12.3. The van der Waals surface area contributed by atoms with Crippen molar-refractivity contribution in [2.24, 2.45) is 5.92 Å². The molecule has 1 aromatic carbocycles. The molecule has 3 heteroatoms. The van der Waals surface area contributed by atoms with E-state index in [4.69, 9.17) is 0 Å². The Morgan fingerprint density at radius 2 is 2.06 bits per heavy atom. The topological polar surface area (TPSA) is 12.0 Å². The fourth-order valence-corrected chi connectivity index (χ4v) is 2.44. The Kier molecular flexibility index (Phi) is 6.14. The molecule has 1 atom stereocenters. The van der Waals surface area contributed by atoms with Gasteiger partial charge < -0.3 is 5.32 Å². The van der Waals surface area contributed by atoms with E-state index in [9.17, 15) is 4.39 Å². The Balaban J connectivity index is 2.90. The average Bonchev–Trinajstić information content (AvgIpc) is 2.28. The quantitative estimate of drug-likeness (QED) is 0.805. The van der Waals surface area contributed by atoms with Crippen molar-refractivity contribution in [1.29, 1.82) is 0 Å². The van der Waals surface area contributed by atoms with Crippen LogP contribution in [0, 0.1) is 11.7 Å². The van der Waals surface area contributed by atoms with Crippen LogP contribution >= 0.6 is 15.9 Å². The molecule has 0 saturated carbocycles.